The van der Waals surface area contributed by atoms with Gasteiger partial charge in [-0.15, -0.1) is 0 Å². The van der Waals surface area contributed by atoms with Crippen molar-refractivity contribution in [2.75, 3.05) is 31.2 Å². The fourth-order valence-corrected chi connectivity index (χ4v) is 2.30. The first-order valence-corrected chi connectivity index (χ1v) is 7.05. The van der Waals surface area contributed by atoms with Crippen LogP contribution in [0.2, 0.25) is 0 Å². The van der Waals surface area contributed by atoms with Gasteiger partial charge in [-0.25, -0.2) is 0 Å². The van der Waals surface area contributed by atoms with Gasteiger partial charge in [-0.05, 0) is 31.6 Å². The van der Waals surface area contributed by atoms with Gasteiger partial charge in [0.1, 0.15) is 5.75 Å². The molecule has 0 aliphatic carbocycles. The first-order valence-electron chi connectivity index (χ1n) is 7.05. The standard InChI is InChI=1S/C15H25N3O2/c1-5-13(18(6-2)7-3)15(19)17-12-9-8-11(16)10-14(12)20-4/h8-10,13H,5-7,16H2,1-4H3,(H,17,19). The maximum Gasteiger partial charge on any atom is 0.241 e. The molecule has 0 aromatic heterocycles. The molecule has 0 aliphatic heterocycles. The lowest BCUT2D eigenvalue weighted by molar-refractivity contribution is -0.121. The van der Waals surface area contributed by atoms with E-state index >= 15 is 0 Å². The van der Waals surface area contributed by atoms with E-state index in [-0.39, 0.29) is 11.9 Å². The first-order chi connectivity index (χ1) is 9.57. The highest BCUT2D eigenvalue weighted by Crippen LogP contribution is 2.27. The third kappa shape index (κ3) is 3.87. The van der Waals surface area contributed by atoms with E-state index in [1.165, 1.54) is 0 Å². The zero-order valence-electron chi connectivity index (χ0n) is 12.8. The number of benzene rings is 1. The predicted molar refractivity (Wildman–Crippen MR) is 83.0 cm³/mol. The lowest BCUT2D eigenvalue weighted by Crippen LogP contribution is -2.43. The monoisotopic (exact) mass is 279 g/mol. The Morgan fingerprint density at radius 2 is 2.00 bits per heavy atom. The van der Waals surface area contributed by atoms with Crippen molar-refractivity contribution in [3.8, 4) is 5.75 Å². The molecule has 112 valence electrons. The van der Waals surface area contributed by atoms with E-state index in [1.54, 1.807) is 25.3 Å². The van der Waals surface area contributed by atoms with Gasteiger partial charge in [-0.1, -0.05) is 20.8 Å². The zero-order chi connectivity index (χ0) is 15.1. The minimum absolute atomic E-state index is 0.0146. The van der Waals surface area contributed by atoms with Gasteiger partial charge in [-0.3, -0.25) is 9.69 Å². The molecule has 1 amide bonds. The second-order valence-corrected chi connectivity index (χ2v) is 4.59. The second kappa shape index (κ2) is 7.75. The molecule has 5 nitrogen and oxygen atoms in total. The summed E-state index contributed by atoms with van der Waals surface area (Å²) in [6.45, 7) is 7.83. The molecule has 0 saturated heterocycles. The number of amides is 1. The van der Waals surface area contributed by atoms with E-state index in [1.807, 2.05) is 6.92 Å². The van der Waals surface area contributed by atoms with Crippen molar-refractivity contribution in [3.63, 3.8) is 0 Å². The van der Waals surface area contributed by atoms with Gasteiger partial charge in [0, 0.05) is 11.8 Å². The fourth-order valence-electron chi connectivity index (χ4n) is 2.30. The Balaban J connectivity index is 2.88. The number of carbonyl (C=O) groups is 1. The van der Waals surface area contributed by atoms with Crippen LogP contribution in [0, 0.1) is 0 Å². The number of ether oxygens (including phenoxy) is 1. The van der Waals surface area contributed by atoms with Crippen LogP contribution in [0.4, 0.5) is 11.4 Å². The normalized spacial score (nSPS) is 12.2. The summed E-state index contributed by atoms with van der Waals surface area (Å²) in [7, 11) is 1.56. The second-order valence-electron chi connectivity index (χ2n) is 4.59. The molecule has 0 bridgehead atoms. The minimum atomic E-state index is -0.132. The summed E-state index contributed by atoms with van der Waals surface area (Å²) in [4.78, 5) is 14.6. The quantitative estimate of drug-likeness (QED) is 0.752. The van der Waals surface area contributed by atoms with Crippen LogP contribution < -0.4 is 15.8 Å². The SMILES string of the molecule is CCC(C(=O)Nc1ccc(N)cc1OC)N(CC)CC. The fraction of sp³-hybridized carbons (Fsp3) is 0.533. The maximum atomic E-state index is 12.4. The summed E-state index contributed by atoms with van der Waals surface area (Å²) in [6.07, 6.45) is 0.769. The molecule has 1 aromatic rings. The number of hydrogen-bond donors (Lipinski definition) is 2. The smallest absolute Gasteiger partial charge is 0.241 e. The largest absolute Gasteiger partial charge is 0.494 e. The molecule has 1 rings (SSSR count). The van der Waals surface area contributed by atoms with Crippen LogP contribution in [0.1, 0.15) is 27.2 Å². The molecule has 0 spiro atoms. The summed E-state index contributed by atoms with van der Waals surface area (Å²) >= 11 is 0. The zero-order valence-corrected chi connectivity index (χ0v) is 12.8. The highest BCUT2D eigenvalue weighted by atomic mass is 16.5. The molecule has 1 aromatic carbocycles. The molecule has 3 N–H and O–H groups in total. The van der Waals surface area contributed by atoms with Gasteiger partial charge in [0.2, 0.25) is 5.91 Å². The van der Waals surface area contributed by atoms with Crippen LogP contribution in [0.3, 0.4) is 0 Å². The summed E-state index contributed by atoms with van der Waals surface area (Å²) in [5.74, 6) is 0.562. The Hall–Kier alpha value is -1.75. The Morgan fingerprint density at radius 1 is 1.35 bits per heavy atom. The number of nitrogens with two attached hydrogens (primary N) is 1. The van der Waals surface area contributed by atoms with Crippen molar-refractivity contribution in [3.05, 3.63) is 18.2 Å². The number of carbonyl (C=O) groups excluding carboxylic acids is 1. The van der Waals surface area contributed by atoms with Crippen LogP contribution in [0.5, 0.6) is 5.75 Å². The molecule has 0 aliphatic rings. The maximum absolute atomic E-state index is 12.4. The van der Waals surface area contributed by atoms with Crippen LogP contribution in [0.25, 0.3) is 0 Å². The van der Waals surface area contributed by atoms with Gasteiger partial charge in [0.05, 0.1) is 18.8 Å². The number of rotatable bonds is 7. The Labute approximate surface area is 121 Å². The Bertz CT molecular complexity index is 445. The number of methoxy groups -OCH3 is 1. The number of hydrogen-bond acceptors (Lipinski definition) is 4. The summed E-state index contributed by atoms with van der Waals surface area (Å²) < 4.78 is 5.25. The third-order valence-corrected chi connectivity index (χ3v) is 3.43. The van der Waals surface area contributed by atoms with Crippen LogP contribution in [0.15, 0.2) is 18.2 Å². The predicted octanol–water partition coefficient (Wildman–Crippen LogP) is 2.34. The molecule has 20 heavy (non-hydrogen) atoms. The van der Waals surface area contributed by atoms with Gasteiger partial charge in [0.25, 0.3) is 0 Å². The molecule has 1 unspecified atom stereocenters. The number of likely N-dealkylation sites (N-methyl/N-ethyl adjacent to an activating group) is 1. The number of nitrogens with zero attached hydrogens (tertiary/aromatic N) is 1. The highest BCUT2D eigenvalue weighted by Gasteiger charge is 2.22. The molecule has 0 radical (unpaired) electrons. The lowest BCUT2D eigenvalue weighted by atomic mass is 10.1. The highest BCUT2D eigenvalue weighted by molar-refractivity contribution is 5.96. The molecular formula is C15H25N3O2. The average molecular weight is 279 g/mol. The number of nitrogens with one attached hydrogen (secondary N) is 1. The van der Waals surface area contributed by atoms with Crippen LogP contribution in [-0.4, -0.2) is 37.0 Å². The number of nitrogen functional groups attached to an aromatic ring is 1. The van der Waals surface area contributed by atoms with Crippen LogP contribution in [-0.2, 0) is 4.79 Å². The van der Waals surface area contributed by atoms with E-state index in [2.05, 4.69) is 24.1 Å². The average Bonchev–Trinajstić information content (AvgIpc) is 2.46. The molecule has 5 heteroatoms. The van der Waals surface area contributed by atoms with E-state index < -0.39 is 0 Å². The first kappa shape index (κ1) is 16.3. The Morgan fingerprint density at radius 3 is 2.50 bits per heavy atom. The molecule has 1 atom stereocenters. The topological polar surface area (TPSA) is 67.6 Å². The summed E-state index contributed by atoms with van der Waals surface area (Å²) in [5.41, 5.74) is 6.97. The molecule has 0 saturated carbocycles. The van der Waals surface area contributed by atoms with Gasteiger partial charge in [-0.2, -0.15) is 0 Å². The van der Waals surface area contributed by atoms with E-state index in [4.69, 9.17) is 10.5 Å². The minimum Gasteiger partial charge on any atom is -0.494 e. The van der Waals surface area contributed by atoms with Crippen molar-refractivity contribution in [1.82, 2.24) is 4.90 Å². The summed E-state index contributed by atoms with van der Waals surface area (Å²) in [6, 6.07) is 5.08. The molecule has 0 heterocycles. The van der Waals surface area contributed by atoms with E-state index in [0.29, 0.717) is 17.1 Å². The number of anilines is 2. The van der Waals surface area contributed by atoms with Crippen LogP contribution >= 0.6 is 0 Å². The molecular weight excluding hydrogens is 254 g/mol. The van der Waals surface area contributed by atoms with Crippen molar-refractivity contribution >= 4 is 17.3 Å². The van der Waals surface area contributed by atoms with Gasteiger partial charge in [0.15, 0.2) is 0 Å². The lowest BCUT2D eigenvalue weighted by Gasteiger charge is -2.27. The molecule has 0 fully saturated rings. The van der Waals surface area contributed by atoms with Crippen molar-refractivity contribution in [2.45, 2.75) is 33.2 Å². The van der Waals surface area contributed by atoms with E-state index in [0.717, 1.165) is 19.5 Å². The van der Waals surface area contributed by atoms with Crippen molar-refractivity contribution in [2.24, 2.45) is 0 Å². The van der Waals surface area contributed by atoms with E-state index in [9.17, 15) is 4.79 Å². The van der Waals surface area contributed by atoms with Crippen molar-refractivity contribution < 1.29 is 9.53 Å². The summed E-state index contributed by atoms with van der Waals surface area (Å²) in [5, 5.41) is 2.93. The van der Waals surface area contributed by atoms with Crippen molar-refractivity contribution in [1.29, 1.82) is 0 Å². The third-order valence-electron chi connectivity index (χ3n) is 3.43. The Kier molecular flexibility index (Phi) is 6.31. The van der Waals surface area contributed by atoms with Gasteiger partial charge < -0.3 is 15.8 Å². The van der Waals surface area contributed by atoms with Gasteiger partial charge >= 0.3 is 0 Å².